The molecule has 0 aliphatic carbocycles. The van der Waals surface area contributed by atoms with Crippen molar-refractivity contribution in [3.05, 3.63) is 76.3 Å². The molecular weight excluding hydrogens is 304 g/mol. The summed E-state index contributed by atoms with van der Waals surface area (Å²) in [5.74, 6) is -0.828. The molecule has 2 rings (SSSR count). The van der Waals surface area contributed by atoms with Crippen molar-refractivity contribution in [3.8, 4) is 0 Å². The Balaban J connectivity index is 2.43. The number of carboxylic acids is 1. The van der Waals surface area contributed by atoms with Crippen LogP contribution in [0.15, 0.2) is 65.1 Å². The zero-order chi connectivity index (χ0) is 13.7. The van der Waals surface area contributed by atoms with E-state index in [1.807, 2.05) is 54.6 Å². The maximum absolute atomic E-state index is 10.8. The molecule has 2 nitrogen and oxygen atoms in total. The first-order chi connectivity index (χ1) is 9.16. The first kappa shape index (κ1) is 13.6. The van der Waals surface area contributed by atoms with Gasteiger partial charge >= 0.3 is 5.97 Å². The first-order valence-electron chi connectivity index (χ1n) is 5.90. The molecule has 0 aromatic heterocycles. The van der Waals surface area contributed by atoms with Crippen LogP contribution in [-0.4, -0.2) is 11.1 Å². The fourth-order valence-corrected chi connectivity index (χ4v) is 2.10. The van der Waals surface area contributed by atoms with Crippen molar-refractivity contribution >= 4 is 27.5 Å². The van der Waals surface area contributed by atoms with E-state index in [-0.39, 0.29) is 6.42 Å². The molecule has 0 aliphatic rings. The standard InChI is InChI=1S/C16H13BrO2/c17-14-8-6-13(7-9-14)15(10-11-16(18)19)12-4-2-1-3-5-12/h1-10H,11H2,(H,18,19). The summed E-state index contributed by atoms with van der Waals surface area (Å²) in [6, 6.07) is 17.7. The highest BCUT2D eigenvalue weighted by Gasteiger charge is 2.05. The van der Waals surface area contributed by atoms with Crippen LogP contribution in [0.4, 0.5) is 0 Å². The van der Waals surface area contributed by atoms with Crippen molar-refractivity contribution < 1.29 is 9.90 Å². The van der Waals surface area contributed by atoms with E-state index < -0.39 is 5.97 Å². The van der Waals surface area contributed by atoms with Crippen LogP contribution in [0.2, 0.25) is 0 Å². The topological polar surface area (TPSA) is 37.3 Å². The molecular formula is C16H13BrO2. The fraction of sp³-hybridized carbons (Fsp3) is 0.0625. The highest BCUT2D eigenvalue weighted by atomic mass is 79.9. The molecule has 0 unspecified atom stereocenters. The maximum Gasteiger partial charge on any atom is 0.307 e. The molecule has 0 heterocycles. The summed E-state index contributed by atoms with van der Waals surface area (Å²) in [6.45, 7) is 0. The molecule has 1 N–H and O–H groups in total. The van der Waals surface area contributed by atoms with Gasteiger partial charge in [-0.05, 0) is 28.8 Å². The molecule has 0 bridgehead atoms. The lowest BCUT2D eigenvalue weighted by Crippen LogP contribution is -1.94. The lowest BCUT2D eigenvalue weighted by Gasteiger charge is -2.08. The van der Waals surface area contributed by atoms with Crippen LogP contribution in [0.5, 0.6) is 0 Å². The zero-order valence-electron chi connectivity index (χ0n) is 10.2. The van der Waals surface area contributed by atoms with Crippen molar-refractivity contribution in [1.29, 1.82) is 0 Å². The lowest BCUT2D eigenvalue weighted by atomic mass is 9.97. The molecule has 0 fully saturated rings. The van der Waals surface area contributed by atoms with E-state index in [1.165, 1.54) is 0 Å². The number of hydrogen-bond donors (Lipinski definition) is 1. The van der Waals surface area contributed by atoms with E-state index in [2.05, 4.69) is 15.9 Å². The van der Waals surface area contributed by atoms with E-state index in [9.17, 15) is 4.79 Å². The number of benzene rings is 2. The Morgan fingerprint density at radius 1 is 1.00 bits per heavy atom. The van der Waals surface area contributed by atoms with Gasteiger partial charge in [-0.1, -0.05) is 64.5 Å². The van der Waals surface area contributed by atoms with Crippen molar-refractivity contribution in [3.63, 3.8) is 0 Å². The molecule has 0 radical (unpaired) electrons. The van der Waals surface area contributed by atoms with Crippen LogP contribution < -0.4 is 0 Å². The van der Waals surface area contributed by atoms with Crippen LogP contribution in [-0.2, 0) is 4.79 Å². The summed E-state index contributed by atoms with van der Waals surface area (Å²) in [4.78, 5) is 10.8. The Morgan fingerprint density at radius 3 is 2.16 bits per heavy atom. The van der Waals surface area contributed by atoms with E-state index >= 15 is 0 Å². The third-order valence-corrected chi connectivity index (χ3v) is 3.25. The summed E-state index contributed by atoms with van der Waals surface area (Å²) in [5, 5.41) is 8.85. The monoisotopic (exact) mass is 316 g/mol. The van der Waals surface area contributed by atoms with E-state index in [0.717, 1.165) is 21.2 Å². The lowest BCUT2D eigenvalue weighted by molar-refractivity contribution is -0.135. The molecule has 19 heavy (non-hydrogen) atoms. The summed E-state index contributed by atoms with van der Waals surface area (Å²) in [7, 11) is 0. The first-order valence-corrected chi connectivity index (χ1v) is 6.69. The largest absolute Gasteiger partial charge is 0.481 e. The Hall–Kier alpha value is -1.87. The normalized spacial score (nSPS) is 11.3. The zero-order valence-corrected chi connectivity index (χ0v) is 11.8. The van der Waals surface area contributed by atoms with Crippen LogP contribution in [0.1, 0.15) is 17.5 Å². The molecule has 2 aromatic rings. The second-order valence-electron chi connectivity index (χ2n) is 4.09. The number of aliphatic carboxylic acids is 1. The van der Waals surface area contributed by atoms with Gasteiger partial charge in [0.1, 0.15) is 0 Å². The van der Waals surface area contributed by atoms with Crippen molar-refractivity contribution in [2.24, 2.45) is 0 Å². The van der Waals surface area contributed by atoms with Gasteiger partial charge in [-0.3, -0.25) is 4.79 Å². The van der Waals surface area contributed by atoms with E-state index in [1.54, 1.807) is 6.08 Å². The minimum Gasteiger partial charge on any atom is -0.481 e. The molecule has 3 heteroatoms. The van der Waals surface area contributed by atoms with Crippen molar-refractivity contribution in [2.45, 2.75) is 6.42 Å². The third kappa shape index (κ3) is 3.80. The molecule has 0 spiro atoms. The summed E-state index contributed by atoms with van der Waals surface area (Å²) in [6.07, 6.45) is 1.77. The van der Waals surface area contributed by atoms with Crippen LogP contribution >= 0.6 is 15.9 Å². The molecule has 96 valence electrons. The second kappa shape index (κ2) is 6.34. The van der Waals surface area contributed by atoms with Gasteiger partial charge in [0.2, 0.25) is 0 Å². The molecule has 0 atom stereocenters. The van der Waals surface area contributed by atoms with Gasteiger partial charge in [-0.15, -0.1) is 0 Å². The molecule has 0 saturated carbocycles. The third-order valence-electron chi connectivity index (χ3n) is 2.72. The minimum absolute atomic E-state index is 0.0142. The smallest absolute Gasteiger partial charge is 0.307 e. The van der Waals surface area contributed by atoms with Gasteiger partial charge in [0.05, 0.1) is 6.42 Å². The van der Waals surface area contributed by atoms with Gasteiger partial charge in [-0.25, -0.2) is 0 Å². The SMILES string of the molecule is O=C(O)CC=C(c1ccccc1)c1ccc(Br)cc1. The quantitative estimate of drug-likeness (QED) is 0.910. The minimum atomic E-state index is -0.828. The number of carboxylic acid groups (broad SMARTS) is 1. The van der Waals surface area contributed by atoms with Crippen LogP contribution in [0, 0.1) is 0 Å². The molecule has 2 aromatic carbocycles. The Morgan fingerprint density at radius 2 is 1.58 bits per heavy atom. The van der Waals surface area contributed by atoms with E-state index in [4.69, 9.17) is 5.11 Å². The van der Waals surface area contributed by atoms with Gasteiger partial charge in [-0.2, -0.15) is 0 Å². The number of halogens is 1. The van der Waals surface area contributed by atoms with Crippen LogP contribution in [0.25, 0.3) is 5.57 Å². The maximum atomic E-state index is 10.8. The number of carbonyl (C=O) groups is 1. The van der Waals surface area contributed by atoms with Crippen molar-refractivity contribution in [2.75, 3.05) is 0 Å². The second-order valence-corrected chi connectivity index (χ2v) is 5.00. The molecule has 0 aliphatic heterocycles. The average Bonchev–Trinajstić information content (AvgIpc) is 2.42. The number of rotatable bonds is 4. The molecule has 0 saturated heterocycles. The average molecular weight is 317 g/mol. The van der Waals surface area contributed by atoms with Gasteiger partial charge in [0, 0.05) is 4.47 Å². The highest BCUT2D eigenvalue weighted by Crippen LogP contribution is 2.25. The Labute approximate surface area is 120 Å². The summed E-state index contributed by atoms with van der Waals surface area (Å²) < 4.78 is 1.00. The van der Waals surface area contributed by atoms with E-state index in [0.29, 0.717) is 0 Å². The number of hydrogen-bond acceptors (Lipinski definition) is 1. The van der Waals surface area contributed by atoms with Gasteiger partial charge < -0.3 is 5.11 Å². The van der Waals surface area contributed by atoms with Crippen LogP contribution in [0.3, 0.4) is 0 Å². The molecule has 0 amide bonds. The summed E-state index contributed by atoms with van der Waals surface area (Å²) in [5.41, 5.74) is 2.97. The fourth-order valence-electron chi connectivity index (χ4n) is 1.84. The van der Waals surface area contributed by atoms with Gasteiger partial charge in [0.15, 0.2) is 0 Å². The Bertz CT molecular complexity index is 586. The highest BCUT2D eigenvalue weighted by molar-refractivity contribution is 9.10. The predicted octanol–water partition coefficient (Wildman–Crippen LogP) is 4.36. The van der Waals surface area contributed by atoms with Gasteiger partial charge in [0.25, 0.3) is 0 Å². The summed E-state index contributed by atoms with van der Waals surface area (Å²) >= 11 is 3.40. The van der Waals surface area contributed by atoms with Crippen molar-refractivity contribution in [1.82, 2.24) is 0 Å². The Kier molecular flexibility index (Phi) is 4.53. The predicted molar refractivity (Wildman–Crippen MR) is 79.9 cm³/mol.